The number of piperazine rings is 1. The summed E-state index contributed by atoms with van der Waals surface area (Å²) in [6.45, 7) is 8.28. The van der Waals surface area contributed by atoms with Crippen LogP contribution in [-0.4, -0.2) is 29.1 Å². The largest absolute Gasteiger partial charge is 0.308 e. The molecular weight excluding hydrogens is 276 g/mol. The molecule has 3 heteroatoms. The van der Waals surface area contributed by atoms with E-state index in [9.17, 15) is 0 Å². The molecule has 0 amide bonds. The van der Waals surface area contributed by atoms with Gasteiger partial charge in [-0.25, -0.2) is 0 Å². The molecule has 2 aliphatic rings. The minimum atomic E-state index is 0.352. The maximum absolute atomic E-state index is 4.00. The van der Waals surface area contributed by atoms with Gasteiger partial charge in [-0.3, -0.25) is 4.90 Å². The van der Waals surface area contributed by atoms with Crippen molar-refractivity contribution in [3.63, 3.8) is 0 Å². The van der Waals surface area contributed by atoms with Crippen molar-refractivity contribution in [1.82, 2.24) is 10.2 Å². The number of nitrogens with zero attached hydrogens (tertiary/aromatic N) is 1. The van der Waals surface area contributed by atoms with Crippen LogP contribution >= 0.6 is 11.3 Å². The van der Waals surface area contributed by atoms with Gasteiger partial charge in [0.2, 0.25) is 0 Å². The lowest BCUT2D eigenvalue weighted by Crippen LogP contribution is -2.69. The summed E-state index contributed by atoms with van der Waals surface area (Å²) in [4.78, 5) is 2.82. The average molecular weight is 307 g/mol. The van der Waals surface area contributed by atoms with Crippen LogP contribution in [0.1, 0.15) is 64.4 Å². The molecule has 1 spiro atoms. The monoisotopic (exact) mass is 306 g/mol. The standard InChI is InChI=1S/C18H30N2S/c1-3-18(4-2)14-19-17(9-6-5-7-10-17)15-20(18)12-16-8-11-21-13-16/h8,11,13,19H,3-7,9-10,12,14-15H2,1-2H3. The predicted molar refractivity (Wildman–Crippen MR) is 91.9 cm³/mol. The molecule has 0 atom stereocenters. The lowest BCUT2D eigenvalue weighted by atomic mass is 9.75. The first kappa shape index (κ1) is 15.5. The van der Waals surface area contributed by atoms with Crippen LogP contribution in [0, 0.1) is 0 Å². The van der Waals surface area contributed by atoms with Crippen molar-refractivity contribution < 1.29 is 0 Å². The number of hydrogen-bond acceptors (Lipinski definition) is 3. The van der Waals surface area contributed by atoms with E-state index in [1.54, 1.807) is 0 Å². The maximum Gasteiger partial charge on any atom is 0.0333 e. The zero-order valence-electron chi connectivity index (χ0n) is 13.7. The summed E-state index contributed by atoms with van der Waals surface area (Å²) in [5.41, 5.74) is 2.26. The second kappa shape index (κ2) is 6.39. The van der Waals surface area contributed by atoms with Crippen LogP contribution < -0.4 is 5.32 Å². The summed E-state index contributed by atoms with van der Waals surface area (Å²) in [6, 6.07) is 2.30. The highest BCUT2D eigenvalue weighted by Crippen LogP contribution is 2.38. The molecule has 21 heavy (non-hydrogen) atoms. The predicted octanol–water partition coefficient (Wildman–Crippen LogP) is 4.42. The van der Waals surface area contributed by atoms with E-state index in [0.29, 0.717) is 11.1 Å². The van der Waals surface area contributed by atoms with Crippen LogP contribution in [0.15, 0.2) is 16.8 Å². The highest BCUT2D eigenvalue weighted by atomic mass is 32.1. The first-order valence-corrected chi connectivity index (χ1v) is 9.67. The molecule has 1 N–H and O–H groups in total. The smallest absolute Gasteiger partial charge is 0.0333 e. The van der Waals surface area contributed by atoms with Gasteiger partial charge < -0.3 is 5.32 Å². The molecule has 2 heterocycles. The molecule has 1 aromatic rings. The molecule has 2 fully saturated rings. The Morgan fingerprint density at radius 2 is 1.95 bits per heavy atom. The summed E-state index contributed by atoms with van der Waals surface area (Å²) in [5.74, 6) is 0. The SMILES string of the molecule is CCC1(CC)CNC2(CCCCC2)CN1Cc1ccsc1. The average Bonchev–Trinajstić information content (AvgIpc) is 3.02. The van der Waals surface area contributed by atoms with Crippen LogP contribution in [0.25, 0.3) is 0 Å². The Hall–Kier alpha value is -0.380. The maximum atomic E-state index is 4.00. The molecule has 1 aromatic heterocycles. The second-order valence-electron chi connectivity index (χ2n) is 7.11. The van der Waals surface area contributed by atoms with E-state index in [4.69, 9.17) is 0 Å². The minimum Gasteiger partial charge on any atom is -0.308 e. The van der Waals surface area contributed by atoms with Gasteiger partial charge in [-0.2, -0.15) is 11.3 Å². The van der Waals surface area contributed by atoms with Crippen molar-refractivity contribution in [2.24, 2.45) is 0 Å². The van der Waals surface area contributed by atoms with Gasteiger partial charge in [-0.1, -0.05) is 33.1 Å². The Bertz CT molecular complexity index is 430. The van der Waals surface area contributed by atoms with Gasteiger partial charge in [0, 0.05) is 30.7 Å². The van der Waals surface area contributed by atoms with E-state index in [0.717, 1.165) is 6.54 Å². The molecule has 0 bridgehead atoms. The van der Waals surface area contributed by atoms with Gasteiger partial charge in [0.1, 0.15) is 0 Å². The normalized spacial score (nSPS) is 25.2. The molecule has 0 aromatic carbocycles. The van der Waals surface area contributed by atoms with Gasteiger partial charge in [0.05, 0.1) is 0 Å². The van der Waals surface area contributed by atoms with Crippen molar-refractivity contribution in [3.05, 3.63) is 22.4 Å². The molecule has 1 aliphatic heterocycles. The van der Waals surface area contributed by atoms with Gasteiger partial charge >= 0.3 is 0 Å². The highest BCUT2D eigenvalue weighted by molar-refractivity contribution is 7.07. The third kappa shape index (κ3) is 3.06. The molecule has 0 unspecified atom stereocenters. The summed E-state index contributed by atoms with van der Waals surface area (Å²) in [7, 11) is 0. The quantitative estimate of drug-likeness (QED) is 0.886. The molecule has 1 saturated heterocycles. The lowest BCUT2D eigenvalue weighted by molar-refractivity contribution is -0.0200. The van der Waals surface area contributed by atoms with E-state index in [1.807, 2.05) is 11.3 Å². The van der Waals surface area contributed by atoms with Crippen LogP contribution in [0.4, 0.5) is 0 Å². The minimum absolute atomic E-state index is 0.352. The van der Waals surface area contributed by atoms with E-state index in [1.165, 1.54) is 63.6 Å². The third-order valence-corrected chi connectivity index (χ3v) is 6.77. The molecule has 3 rings (SSSR count). The topological polar surface area (TPSA) is 15.3 Å². The lowest BCUT2D eigenvalue weighted by Gasteiger charge is -2.55. The van der Waals surface area contributed by atoms with Crippen molar-refractivity contribution in [2.75, 3.05) is 13.1 Å². The summed E-state index contributed by atoms with van der Waals surface area (Å²) < 4.78 is 0. The first-order valence-electron chi connectivity index (χ1n) is 8.73. The Morgan fingerprint density at radius 1 is 1.19 bits per heavy atom. The van der Waals surface area contributed by atoms with Crippen LogP contribution in [-0.2, 0) is 6.54 Å². The van der Waals surface area contributed by atoms with Crippen molar-refractivity contribution in [1.29, 1.82) is 0 Å². The summed E-state index contributed by atoms with van der Waals surface area (Å²) in [6.07, 6.45) is 9.48. The molecular formula is C18H30N2S. The van der Waals surface area contributed by atoms with Crippen molar-refractivity contribution >= 4 is 11.3 Å². The fraction of sp³-hybridized carbons (Fsp3) is 0.778. The van der Waals surface area contributed by atoms with Crippen LogP contribution in [0.3, 0.4) is 0 Å². The van der Waals surface area contributed by atoms with Gasteiger partial charge in [-0.15, -0.1) is 0 Å². The fourth-order valence-corrected chi connectivity index (χ4v) is 5.05. The van der Waals surface area contributed by atoms with E-state index in [2.05, 4.69) is 40.9 Å². The van der Waals surface area contributed by atoms with Gasteiger partial charge in [0.25, 0.3) is 0 Å². The highest BCUT2D eigenvalue weighted by Gasteiger charge is 2.45. The molecule has 2 nitrogen and oxygen atoms in total. The number of rotatable bonds is 4. The number of thiophene rings is 1. The van der Waals surface area contributed by atoms with Crippen LogP contribution in [0.5, 0.6) is 0 Å². The molecule has 118 valence electrons. The zero-order chi connectivity index (χ0) is 14.8. The second-order valence-corrected chi connectivity index (χ2v) is 7.89. The molecule has 1 saturated carbocycles. The fourth-order valence-electron chi connectivity index (χ4n) is 4.39. The third-order valence-electron chi connectivity index (χ3n) is 6.04. The molecule has 0 radical (unpaired) electrons. The first-order chi connectivity index (χ1) is 10.2. The van der Waals surface area contributed by atoms with Gasteiger partial charge in [0.15, 0.2) is 0 Å². The van der Waals surface area contributed by atoms with E-state index >= 15 is 0 Å². The summed E-state index contributed by atoms with van der Waals surface area (Å²) in [5, 5.41) is 8.54. The Kier molecular flexibility index (Phi) is 4.72. The van der Waals surface area contributed by atoms with Crippen molar-refractivity contribution in [3.8, 4) is 0 Å². The number of nitrogens with one attached hydrogen (secondary N) is 1. The van der Waals surface area contributed by atoms with Crippen LogP contribution in [0.2, 0.25) is 0 Å². The van der Waals surface area contributed by atoms with Crippen molar-refractivity contribution in [2.45, 2.75) is 76.4 Å². The number of hydrogen-bond donors (Lipinski definition) is 1. The zero-order valence-corrected chi connectivity index (χ0v) is 14.5. The summed E-state index contributed by atoms with van der Waals surface area (Å²) >= 11 is 1.83. The van der Waals surface area contributed by atoms with Gasteiger partial charge in [-0.05, 0) is 48.1 Å². The Morgan fingerprint density at radius 3 is 2.57 bits per heavy atom. The van der Waals surface area contributed by atoms with E-state index in [-0.39, 0.29) is 0 Å². The van der Waals surface area contributed by atoms with E-state index < -0.39 is 0 Å². The molecule has 1 aliphatic carbocycles. The Labute approximate surface area is 133 Å². The Balaban J connectivity index is 1.80.